The number of hydrogen-bond acceptors (Lipinski definition) is 4. The van der Waals surface area contributed by atoms with E-state index in [2.05, 4.69) is 32.9 Å². The molecule has 0 amide bonds. The van der Waals surface area contributed by atoms with E-state index in [1.165, 1.54) is 5.56 Å². The number of aromatic nitrogens is 2. The van der Waals surface area contributed by atoms with Gasteiger partial charge in [-0.2, -0.15) is 5.10 Å². The Bertz CT molecular complexity index is 944. The van der Waals surface area contributed by atoms with Crippen LogP contribution in [0.1, 0.15) is 18.1 Å². The largest absolute Gasteiger partial charge is 0.493 e. The zero-order chi connectivity index (χ0) is 20.5. The lowest BCUT2D eigenvalue weighted by Crippen LogP contribution is -2.30. The first-order chi connectivity index (χ1) is 14.2. The molecule has 0 radical (unpaired) electrons. The molecule has 2 N–H and O–H groups in total. The Hall–Kier alpha value is -2.75. The second kappa shape index (κ2) is 12.1. The molecular formula is C22H28IN5O2. The van der Waals surface area contributed by atoms with Crippen LogP contribution in [0.25, 0.3) is 0 Å². The van der Waals surface area contributed by atoms with Gasteiger partial charge in [0.05, 0.1) is 26.5 Å². The third-order valence-electron chi connectivity index (χ3n) is 4.28. The number of aliphatic imine (C=N–C) groups is 1. The van der Waals surface area contributed by atoms with Crippen LogP contribution in [0.5, 0.6) is 11.5 Å². The van der Waals surface area contributed by atoms with Crippen LogP contribution in [0, 0.1) is 0 Å². The van der Waals surface area contributed by atoms with Crippen LogP contribution in [-0.4, -0.2) is 36.5 Å². The van der Waals surface area contributed by atoms with Crippen molar-refractivity contribution >= 4 is 35.6 Å². The highest BCUT2D eigenvalue weighted by Gasteiger charge is 2.07. The van der Waals surface area contributed by atoms with E-state index in [9.17, 15) is 0 Å². The number of halogens is 1. The Balaban J connectivity index is 0.00000320. The Morgan fingerprint density at radius 1 is 1.10 bits per heavy atom. The molecule has 0 fully saturated rings. The Morgan fingerprint density at radius 3 is 2.60 bits per heavy atom. The summed E-state index contributed by atoms with van der Waals surface area (Å²) in [7, 11) is 3.37. The number of methoxy groups -OCH3 is 1. The number of nitrogens with one attached hydrogen (secondary N) is 2. The quantitative estimate of drug-likeness (QED) is 0.265. The zero-order valence-corrected chi connectivity index (χ0v) is 19.8. The summed E-state index contributed by atoms with van der Waals surface area (Å²) in [6, 6.07) is 16.0. The van der Waals surface area contributed by atoms with E-state index < -0.39 is 0 Å². The molecule has 1 heterocycles. The molecule has 160 valence electrons. The monoisotopic (exact) mass is 521 g/mol. The van der Waals surface area contributed by atoms with Gasteiger partial charge in [0.25, 0.3) is 0 Å². The van der Waals surface area contributed by atoms with Crippen LogP contribution in [0.15, 0.2) is 65.9 Å². The molecule has 0 spiro atoms. The smallest absolute Gasteiger partial charge is 0.195 e. The van der Waals surface area contributed by atoms with Gasteiger partial charge in [0, 0.05) is 37.1 Å². The maximum Gasteiger partial charge on any atom is 0.195 e. The van der Waals surface area contributed by atoms with E-state index in [1.807, 2.05) is 60.4 Å². The molecule has 7 nitrogen and oxygen atoms in total. The van der Waals surface area contributed by atoms with Gasteiger partial charge in [-0.05, 0) is 24.6 Å². The number of nitrogens with zero attached hydrogens (tertiary/aromatic N) is 3. The van der Waals surface area contributed by atoms with Crippen molar-refractivity contribution in [3.05, 3.63) is 72.1 Å². The number of anilines is 1. The maximum atomic E-state index is 5.63. The first kappa shape index (κ1) is 23.5. The van der Waals surface area contributed by atoms with Crippen LogP contribution in [0.2, 0.25) is 0 Å². The van der Waals surface area contributed by atoms with Gasteiger partial charge in [0.1, 0.15) is 0 Å². The lowest BCUT2D eigenvalue weighted by atomic mass is 10.2. The number of rotatable bonds is 8. The van der Waals surface area contributed by atoms with Crippen LogP contribution in [0.3, 0.4) is 0 Å². The fourth-order valence-electron chi connectivity index (χ4n) is 2.88. The van der Waals surface area contributed by atoms with E-state index in [4.69, 9.17) is 9.47 Å². The molecule has 2 aromatic carbocycles. The van der Waals surface area contributed by atoms with Crippen molar-refractivity contribution in [2.75, 3.05) is 26.1 Å². The molecule has 0 atom stereocenters. The van der Waals surface area contributed by atoms with E-state index in [1.54, 1.807) is 14.2 Å². The fourth-order valence-corrected chi connectivity index (χ4v) is 2.88. The molecule has 0 bridgehead atoms. The third-order valence-corrected chi connectivity index (χ3v) is 4.28. The summed E-state index contributed by atoms with van der Waals surface area (Å²) >= 11 is 0. The normalized spacial score (nSPS) is 10.8. The summed E-state index contributed by atoms with van der Waals surface area (Å²) in [6.07, 6.45) is 3.90. The maximum absolute atomic E-state index is 5.63. The third kappa shape index (κ3) is 6.65. The zero-order valence-electron chi connectivity index (χ0n) is 17.5. The number of hydrogen-bond donors (Lipinski definition) is 2. The summed E-state index contributed by atoms with van der Waals surface area (Å²) in [4.78, 5) is 4.29. The molecule has 0 aliphatic rings. The highest BCUT2D eigenvalue weighted by Crippen LogP contribution is 2.30. The molecule has 0 saturated heterocycles. The molecular weight excluding hydrogens is 493 g/mol. The van der Waals surface area contributed by atoms with Gasteiger partial charge in [0.2, 0.25) is 0 Å². The predicted octanol–water partition coefficient (Wildman–Crippen LogP) is 4.14. The van der Waals surface area contributed by atoms with Crippen molar-refractivity contribution in [1.29, 1.82) is 0 Å². The molecule has 1 aromatic heterocycles. The fraction of sp³-hybridized carbons (Fsp3) is 0.273. The topological polar surface area (TPSA) is 72.7 Å². The van der Waals surface area contributed by atoms with Gasteiger partial charge in [-0.1, -0.05) is 30.3 Å². The van der Waals surface area contributed by atoms with Gasteiger partial charge in [-0.25, -0.2) is 0 Å². The highest BCUT2D eigenvalue weighted by atomic mass is 127. The van der Waals surface area contributed by atoms with Crippen LogP contribution in [0.4, 0.5) is 5.69 Å². The summed E-state index contributed by atoms with van der Waals surface area (Å²) in [5, 5.41) is 11.0. The summed E-state index contributed by atoms with van der Waals surface area (Å²) < 4.78 is 12.9. The molecule has 30 heavy (non-hydrogen) atoms. The molecule has 0 aliphatic carbocycles. The minimum absolute atomic E-state index is 0. The number of guanidine groups is 1. The van der Waals surface area contributed by atoms with Gasteiger partial charge >= 0.3 is 0 Å². The lowest BCUT2D eigenvalue weighted by molar-refractivity contribution is 0.311. The summed E-state index contributed by atoms with van der Waals surface area (Å²) in [5.41, 5.74) is 3.16. The predicted molar refractivity (Wildman–Crippen MR) is 131 cm³/mol. The van der Waals surface area contributed by atoms with E-state index in [-0.39, 0.29) is 24.0 Å². The van der Waals surface area contributed by atoms with Crippen molar-refractivity contribution in [2.24, 2.45) is 4.99 Å². The van der Waals surface area contributed by atoms with Crippen molar-refractivity contribution in [3.8, 4) is 11.5 Å². The molecule has 0 saturated carbocycles. The average Bonchev–Trinajstić information content (AvgIpc) is 3.19. The molecule has 8 heteroatoms. The SMILES string of the molecule is CCOc1cc(NC(=NC)NCc2cnn(Cc3ccccc3)c2)ccc1OC.I. The van der Waals surface area contributed by atoms with Crippen molar-refractivity contribution < 1.29 is 9.47 Å². The Morgan fingerprint density at radius 2 is 1.90 bits per heavy atom. The average molecular weight is 521 g/mol. The second-order valence-corrected chi connectivity index (χ2v) is 6.38. The van der Waals surface area contributed by atoms with E-state index in [0.717, 1.165) is 17.8 Å². The van der Waals surface area contributed by atoms with Gasteiger partial charge in [-0.3, -0.25) is 9.67 Å². The number of ether oxygens (including phenoxy) is 2. The highest BCUT2D eigenvalue weighted by molar-refractivity contribution is 14.0. The first-order valence-corrected chi connectivity index (χ1v) is 9.55. The Labute approximate surface area is 194 Å². The van der Waals surface area contributed by atoms with Crippen LogP contribution in [-0.2, 0) is 13.1 Å². The minimum Gasteiger partial charge on any atom is -0.493 e. The van der Waals surface area contributed by atoms with Crippen LogP contribution >= 0.6 is 24.0 Å². The second-order valence-electron chi connectivity index (χ2n) is 6.38. The summed E-state index contributed by atoms with van der Waals surface area (Å²) in [5.74, 6) is 2.05. The van der Waals surface area contributed by atoms with E-state index >= 15 is 0 Å². The first-order valence-electron chi connectivity index (χ1n) is 9.55. The number of benzene rings is 2. The van der Waals surface area contributed by atoms with Crippen molar-refractivity contribution in [2.45, 2.75) is 20.0 Å². The van der Waals surface area contributed by atoms with Gasteiger partial charge in [0.15, 0.2) is 17.5 Å². The van der Waals surface area contributed by atoms with Crippen molar-refractivity contribution in [1.82, 2.24) is 15.1 Å². The molecule has 0 aliphatic heterocycles. The Kier molecular flexibility index (Phi) is 9.46. The van der Waals surface area contributed by atoms with Gasteiger partial charge < -0.3 is 20.1 Å². The lowest BCUT2D eigenvalue weighted by Gasteiger charge is -2.14. The molecule has 3 aromatic rings. The molecule has 0 unspecified atom stereocenters. The minimum atomic E-state index is 0. The van der Waals surface area contributed by atoms with E-state index in [0.29, 0.717) is 30.6 Å². The van der Waals surface area contributed by atoms with Crippen LogP contribution < -0.4 is 20.1 Å². The summed E-state index contributed by atoms with van der Waals surface area (Å²) in [6.45, 7) is 3.88. The standard InChI is InChI=1S/C22H27N5O2.HI/c1-4-29-21-12-19(10-11-20(21)28-3)26-22(23-2)24-13-18-14-25-27(16-18)15-17-8-6-5-7-9-17;/h5-12,14,16H,4,13,15H2,1-3H3,(H2,23,24,26);1H. The van der Waals surface area contributed by atoms with Crippen molar-refractivity contribution in [3.63, 3.8) is 0 Å². The van der Waals surface area contributed by atoms with Gasteiger partial charge in [-0.15, -0.1) is 24.0 Å². The molecule has 3 rings (SSSR count).